The molecule has 1 saturated carbocycles. The standard InChI is InChI=1S/C17H17N3O2S/c21-15(9-6-12-4-2-1-3-5-12)20-17-19-14(11-23-17)10-16(22)18-13-7-8-13/h1-6,9,11,13H,7-8,10H2,(H,18,22)(H,19,20,21)/b9-6+. The summed E-state index contributed by atoms with van der Waals surface area (Å²) in [5, 5.41) is 7.92. The summed E-state index contributed by atoms with van der Waals surface area (Å²) in [7, 11) is 0. The van der Waals surface area contributed by atoms with E-state index in [2.05, 4.69) is 15.6 Å². The first kappa shape index (κ1) is 15.4. The number of carbonyl (C=O) groups is 2. The van der Waals surface area contributed by atoms with Crippen molar-refractivity contribution in [2.45, 2.75) is 25.3 Å². The molecule has 1 heterocycles. The number of rotatable bonds is 6. The van der Waals surface area contributed by atoms with Crippen molar-refractivity contribution in [2.75, 3.05) is 5.32 Å². The third-order valence-electron chi connectivity index (χ3n) is 3.29. The second kappa shape index (κ2) is 7.19. The van der Waals surface area contributed by atoms with Gasteiger partial charge in [-0.25, -0.2) is 4.98 Å². The molecule has 1 aromatic heterocycles. The fraction of sp³-hybridized carbons (Fsp3) is 0.235. The lowest BCUT2D eigenvalue weighted by atomic mass is 10.2. The number of benzene rings is 1. The molecule has 0 bridgehead atoms. The van der Waals surface area contributed by atoms with E-state index in [1.165, 1.54) is 17.4 Å². The second-order valence-corrected chi connectivity index (χ2v) is 6.25. The maximum absolute atomic E-state index is 11.9. The summed E-state index contributed by atoms with van der Waals surface area (Å²) in [6.07, 6.45) is 5.60. The lowest BCUT2D eigenvalue weighted by Crippen LogP contribution is -2.27. The van der Waals surface area contributed by atoms with Crippen LogP contribution >= 0.6 is 11.3 Å². The third-order valence-corrected chi connectivity index (χ3v) is 4.10. The van der Waals surface area contributed by atoms with Gasteiger partial charge >= 0.3 is 0 Å². The highest BCUT2D eigenvalue weighted by atomic mass is 32.1. The van der Waals surface area contributed by atoms with Gasteiger partial charge in [0.2, 0.25) is 11.8 Å². The molecule has 5 nitrogen and oxygen atoms in total. The van der Waals surface area contributed by atoms with Gasteiger partial charge in [0.25, 0.3) is 0 Å². The molecule has 3 rings (SSSR count). The molecule has 23 heavy (non-hydrogen) atoms. The number of anilines is 1. The van der Waals surface area contributed by atoms with Crippen molar-refractivity contribution >= 4 is 34.4 Å². The van der Waals surface area contributed by atoms with Gasteiger partial charge in [0.05, 0.1) is 12.1 Å². The number of amides is 2. The van der Waals surface area contributed by atoms with Crippen molar-refractivity contribution in [2.24, 2.45) is 0 Å². The third kappa shape index (κ3) is 5.03. The molecule has 2 N–H and O–H groups in total. The summed E-state index contributed by atoms with van der Waals surface area (Å²) in [5.41, 5.74) is 1.63. The van der Waals surface area contributed by atoms with Crippen LogP contribution in [0.2, 0.25) is 0 Å². The van der Waals surface area contributed by atoms with Crippen LogP contribution in [-0.2, 0) is 16.0 Å². The van der Waals surface area contributed by atoms with Crippen LogP contribution in [0.15, 0.2) is 41.8 Å². The normalized spacial score (nSPS) is 13.9. The highest BCUT2D eigenvalue weighted by Gasteiger charge is 2.23. The fourth-order valence-electron chi connectivity index (χ4n) is 2.00. The minimum atomic E-state index is -0.239. The van der Waals surface area contributed by atoms with E-state index < -0.39 is 0 Å². The van der Waals surface area contributed by atoms with E-state index in [9.17, 15) is 9.59 Å². The van der Waals surface area contributed by atoms with Gasteiger partial charge in [0.1, 0.15) is 0 Å². The monoisotopic (exact) mass is 327 g/mol. The predicted molar refractivity (Wildman–Crippen MR) is 91.1 cm³/mol. The minimum absolute atomic E-state index is 0.0142. The fourth-order valence-corrected chi connectivity index (χ4v) is 2.71. The summed E-state index contributed by atoms with van der Waals surface area (Å²) in [6.45, 7) is 0. The van der Waals surface area contributed by atoms with E-state index in [1.807, 2.05) is 30.3 Å². The Morgan fingerprint density at radius 1 is 1.26 bits per heavy atom. The molecule has 0 atom stereocenters. The predicted octanol–water partition coefficient (Wildman–Crippen LogP) is 2.62. The van der Waals surface area contributed by atoms with Gasteiger partial charge < -0.3 is 5.32 Å². The lowest BCUT2D eigenvalue weighted by Gasteiger charge is -2.00. The summed E-state index contributed by atoms with van der Waals surface area (Å²) in [6, 6.07) is 9.94. The Balaban J connectivity index is 1.50. The molecule has 0 saturated heterocycles. The topological polar surface area (TPSA) is 71.1 Å². The summed E-state index contributed by atoms with van der Waals surface area (Å²) >= 11 is 1.32. The Labute approximate surface area is 138 Å². The zero-order chi connectivity index (χ0) is 16.1. The van der Waals surface area contributed by atoms with Crippen LogP contribution in [0.1, 0.15) is 24.1 Å². The van der Waals surface area contributed by atoms with Crippen molar-refractivity contribution in [1.82, 2.24) is 10.3 Å². The van der Waals surface area contributed by atoms with Gasteiger partial charge in [-0.1, -0.05) is 30.3 Å². The highest BCUT2D eigenvalue weighted by Crippen LogP contribution is 2.19. The van der Waals surface area contributed by atoms with Crippen LogP contribution in [0.3, 0.4) is 0 Å². The van der Waals surface area contributed by atoms with Crippen molar-refractivity contribution in [3.05, 3.63) is 53.0 Å². The molecule has 0 unspecified atom stereocenters. The van der Waals surface area contributed by atoms with Crippen LogP contribution in [0.25, 0.3) is 6.08 Å². The smallest absolute Gasteiger partial charge is 0.250 e. The lowest BCUT2D eigenvalue weighted by molar-refractivity contribution is -0.120. The van der Waals surface area contributed by atoms with Gasteiger partial charge in [-0.3, -0.25) is 14.9 Å². The molecular formula is C17H17N3O2S. The molecule has 1 fully saturated rings. The molecule has 0 radical (unpaired) electrons. The van der Waals surface area contributed by atoms with E-state index >= 15 is 0 Å². The number of nitrogens with zero attached hydrogens (tertiary/aromatic N) is 1. The van der Waals surface area contributed by atoms with E-state index in [0.29, 0.717) is 16.9 Å². The Morgan fingerprint density at radius 3 is 2.78 bits per heavy atom. The second-order valence-electron chi connectivity index (χ2n) is 5.40. The molecule has 1 aliphatic carbocycles. The number of nitrogens with one attached hydrogen (secondary N) is 2. The SMILES string of the molecule is O=C(/C=C/c1ccccc1)Nc1nc(CC(=O)NC2CC2)cs1. The van der Waals surface area contributed by atoms with E-state index in [-0.39, 0.29) is 18.2 Å². The van der Waals surface area contributed by atoms with Crippen molar-refractivity contribution in [3.8, 4) is 0 Å². The van der Waals surface area contributed by atoms with Gasteiger partial charge in [-0.2, -0.15) is 0 Å². The molecule has 0 aliphatic heterocycles. The number of thiazole rings is 1. The molecule has 1 aromatic carbocycles. The summed E-state index contributed by atoms with van der Waals surface area (Å²) < 4.78 is 0. The average molecular weight is 327 g/mol. The zero-order valence-corrected chi connectivity index (χ0v) is 13.3. The molecule has 6 heteroatoms. The van der Waals surface area contributed by atoms with Crippen LogP contribution < -0.4 is 10.6 Å². The molecule has 1 aliphatic rings. The number of aromatic nitrogens is 1. The van der Waals surface area contributed by atoms with E-state index in [1.54, 1.807) is 11.5 Å². The average Bonchev–Trinajstić information content (AvgIpc) is 3.25. The highest BCUT2D eigenvalue weighted by molar-refractivity contribution is 7.14. The molecule has 2 aromatic rings. The largest absolute Gasteiger partial charge is 0.353 e. The van der Waals surface area contributed by atoms with Gasteiger partial charge in [-0.05, 0) is 24.5 Å². The van der Waals surface area contributed by atoms with Crippen molar-refractivity contribution in [3.63, 3.8) is 0 Å². The molecule has 0 spiro atoms. The Kier molecular flexibility index (Phi) is 4.83. The Bertz CT molecular complexity index is 720. The molecular weight excluding hydrogens is 310 g/mol. The Hall–Kier alpha value is -2.47. The number of carbonyl (C=O) groups excluding carboxylic acids is 2. The van der Waals surface area contributed by atoms with Gasteiger partial charge in [0.15, 0.2) is 5.13 Å². The maximum atomic E-state index is 11.9. The zero-order valence-electron chi connectivity index (χ0n) is 12.5. The first-order valence-corrected chi connectivity index (χ1v) is 8.35. The first-order chi connectivity index (χ1) is 11.2. The van der Waals surface area contributed by atoms with E-state index in [0.717, 1.165) is 18.4 Å². The van der Waals surface area contributed by atoms with Gasteiger partial charge in [0, 0.05) is 17.5 Å². The number of hydrogen-bond acceptors (Lipinski definition) is 4. The summed E-state index contributed by atoms with van der Waals surface area (Å²) in [4.78, 5) is 27.8. The Morgan fingerprint density at radius 2 is 2.04 bits per heavy atom. The van der Waals surface area contributed by atoms with Crippen LogP contribution in [-0.4, -0.2) is 22.8 Å². The van der Waals surface area contributed by atoms with Crippen molar-refractivity contribution in [1.29, 1.82) is 0 Å². The van der Waals surface area contributed by atoms with Gasteiger partial charge in [-0.15, -0.1) is 11.3 Å². The maximum Gasteiger partial charge on any atom is 0.250 e. The van der Waals surface area contributed by atoms with Crippen LogP contribution in [0.5, 0.6) is 0 Å². The quantitative estimate of drug-likeness (QED) is 0.801. The number of hydrogen-bond donors (Lipinski definition) is 2. The first-order valence-electron chi connectivity index (χ1n) is 7.47. The van der Waals surface area contributed by atoms with Crippen LogP contribution in [0.4, 0.5) is 5.13 Å². The van der Waals surface area contributed by atoms with Crippen LogP contribution in [0, 0.1) is 0 Å². The minimum Gasteiger partial charge on any atom is -0.353 e. The van der Waals surface area contributed by atoms with Crippen molar-refractivity contribution < 1.29 is 9.59 Å². The summed E-state index contributed by atoms with van der Waals surface area (Å²) in [5.74, 6) is -0.253. The van der Waals surface area contributed by atoms with E-state index in [4.69, 9.17) is 0 Å². The molecule has 2 amide bonds. The molecule has 118 valence electrons.